The van der Waals surface area contributed by atoms with Crippen molar-refractivity contribution >= 4 is 38.9 Å². The molecule has 0 saturated carbocycles. The van der Waals surface area contributed by atoms with Crippen molar-refractivity contribution in [2.24, 2.45) is 0 Å². The Balaban J connectivity index is 1.72. The number of halogens is 1. The Hall–Kier alpha value is -3.03. The van der Waals surface area contributed by atoms with Gasteiger partial charge in [0.25, 0.3) is 15.9 Å². The second-order valence-electron chi connectivity index (χ2n) is 6.85. The molecule has 30 heavy (non-hydrogen) atoms. The van der Waals surface area contributed by atoms with Gasteiger partial charge in [0.2, 0.25) is 0 Å². The highest BCUT2D eigenvalue weighted by Crippen LogP contribution is 2.39. The minimum absolute atomic E-state index is 0.0400. The van der Waals surface area contributed by atoms with Crippen molar-refractivity contribution in [3.8, 4) is 11.5 Å². The van der Waals surface area contributed by atoms with E-state index in [0.29, 0.717) is 28.8 Å². The first-order valence-electron chi connectivity index (χ1n) is 9.32. The number of rotatable bonds is 4. The molecule has 6 nitrogen and oxygen atoms in total. The van der Waals surface area contributed by atoms with Gasteiger partial charge < -0.3 is 9.64 Å². The molecular weight excluding hydrogens is 424 g/mol. The molecule has 154 valence electrons. The highest BCUT2D eigenvalue weighted by atomic mass is 35.5. The third-order valence-electron chi connectivity index (χ3n) is 4.85. The minimum atomic E-state index is -3.88. The Labute approximate surface area is 180 Å². The predicted molar refractivity (Wildman–Crippen MR) is 117 cm³/mol. The Morgan fingerprint density at radius 1 is 1.03 bits per heavy atom. The first kappa shape index (κ1) is 20.3. The number of aryl methyl sites for hydroxylation is 1. The quantitative estimate of drug-likeness (QED) is 0.600. The largest absolute Gasteiger partial charge is 0.454 e. The summed E-state index contributed by atoms with van der Waals surface area (Å²) in [7, 11) is -3.88. The molecule has 0 fully saturated rings. The molecule has 0 aromatic heterocycles. The first-order chi connectivity index (χ1) is 14.3. The molecule has 0 radical (unpaired) electrons. The van der Waals surface area contributed by atoms with Crippen LogP contribution in [0.5, 0.6) is 11.5 Å². The fraction of sp³-hybridized carbons (Fsp3) is 0.136. The summed E-state index contributed by atoms with van der Waals surface area (Å²) in [6, 6.07) is 16.4. The molecule has 0 atom stereocenters. The standard InChI is InChI=1S/C22H19ClN2O4S/c1-3-25-19-6-4-5-7-21(19)29-20-11-9-15(12-17(20)22(25)26)24-30(27,28)16-10-8-14(2)18(23)13-16/h4-13,24H,3H2,1-2H3. The van der Waals surface area contributed by atoms with Crippen LogP contribution < -0.4 is 14.4 Å². The number of anilines is 2. The molecular formula is C22H19ClN2O4S. The van der Waals surface area contributed by atoms with Crippen LogP contribution in [-0.4, -0.2) is 20.9 Å². The molecule has 3 aromatic rings. The molecule has 8 heteroatoms. The number of amides is 1. The topological polar surface area (TPSA) is 75.7 Å². The fourth-order valence-electron chi connectivity index (χ4n) is 3.26. The van der Waals surface area contributed by atoms with E-state index in [4.69, 9.17) is 16.3 Å². The van der Waals surface area contributed by atoms with Crippen molar-refractivity contribution in [2.45, 2.75) is 18.7 Å². The monoisotopic (exact) mass is 442 g/mol. The van der Waals surface area contributed by atoms with Crippen molar-refractivity contribution in [1.29, 1.82) is 0 Å². The van der Waals surface area contributed by atoms with Crippen LogP contribution in [0.25, 0.3) is 0 Å². The van der Waals surface area contributed by atoms with Crippen molar-refractivity contribution in [3.63, 3.8) is 0 Å². The van der Waals surface area contributed by atoms with E-state index in [2.05, 4.69) is 4.72 Å². The van der Waals surface area contributed by atoms with Gasteiger partial charge in [0.1, 0.15) is 5.75 Å². The van der Waals surface area contributed by atoms with Gasteiger partial charge in [-0.2, -0.15) is 0 Å². The van der Waals surface area contributed by atoms with Crippen LogP contribution >= 0.6 is 11.6 Å². The molecule has 0 aliphatic carbocycles. The summed E-state index contributed by atoms with van der Waals surface area (Å²) in [6.07, 6.45) is 0. The van der Waals surface area contributed by atoms with Gasteiger partial charge in [-0.1, -0.05) is 29.8 Å². The van der Waals surface area contributed by atoms with Gasteiger partial charge in [0.15, 0.2) is 5.75 Å². The number of carbonyl (C=O) groups is 1. The average Bonchev–Trinajstić information content (AvgIpc) is 2.83. The lowest BCUT2D eigenvalue weighted by molar-refractivity contribution is 0.0988. The van der Waals surface area contributed by atoms with Gasteiger partial charge in [-0.25, -0.2) is 8.42 Å². The lowest BCUT2D eigenvalue weighted by atomic mass is 10.1. The van der Waals surface area contributed by atoms with E-state index >= 15 is 0 Å². The summed E-state index contributed by atoms with van der Waals surface area (Å²) in [5.41, 5.74) is 1.97. The number of hydrogen-bond donors (Lipinski definition) is 1. The highest BCUT2D eigenvalue weighted by Gasteiger charge is 2.28. The molecule has 4 rings (SSSR count). The van der Waals surface area contributed by atoms with E-state index in [1.807, 2.05) is 25.1 Å². The second kappa shape index (κ2) is 7.66. The van der Waals surface area contributed by atoms with E-state index in [-0.39, 0.29) is 22.1 Å². The Morgan fingerprint density at radius 2 is 1.80 bits per heavy atom. The van der Waals surface area contributed by atoms with E-state index in [1.165, 1.54) is 18.2 Å². The summed E-state index contributed by atoms with van der Waals surface area (Å²) < 4.78 is 34.0. The van der Waals surface area contributed by atoms with E-state index in [1.54, 1.807) is 36.1 Å². The maximum atomic E-state index is 13.2. The first-order valence-corrected chi connectivity index (χ1v) is 11.2. The Bertz CT molecular complexity index is 1260. The Kier molecular flexibility index (Phi) is 5.17. The molecule has 1 heterocycles. The lowest BCUT2D eigenvalue weighted by Gasteiger charge is -2.20. The number of carbonyl (C=O) groups excluding carboxylic acids is 1. The summed E-state index contributed by atoms with van der Waals surface area (Å²) in [5, 5.41) is 0.361. The number of para-hydroxylation sites is 2. The predicted octanol–water partition coefficient (Wildman–Crippen LogP) is 5.22. The summed E-state index contributed by atoms with van der Waals surface area (Å²) in [5.74, 6) is 0.663. The van der Waals surface area contributed by atoms with E-state index in [0.717, 1.165) is 5.56 Å². The fourth-order valence-corrected chi connectivity index (χ4v) is 4.58. The number of sulfonamides is 1. The second-order valence-corrected chi connectivity index (χ2v) is 8.94. The zero-order chi connectivity index (χ0) is 21.5. The lowest BCUT2D eigenvalue weighted by Crippen LogP contribution is -2.29. The number of fused-ring (bicyclic) bond motifs is 2. The number of benzene rings is 3. The maximum absolute atomic E-state index is 13.2. The van der Waals surface area contributed by atoms with Crippen molar-refractivity contribution in [1.82, 2.24) is 0 Å². The van der Waals surface area contributed by atoms with Crippen molar-refractivity contribution in [2.75, 3.05) is 16.2 Å². The van der Waals surface area contributed by atoms with Crippen molar-refractivity contribution in [3.05, 3.63) is 76.8 Å². The number of nitrogens with zero attached hydrogens (tertiary/aromatic N) is 1. The minimum Gasteiger partial charge on any atom is -0.454 e. The van der Waals surface area contributed by atoms with Crippen molar-refractivity contribution < 1.29 is 17.9 Å². The average molecular weight is 443 g/mol. The van der Waals surface area contributed by atoms with Gasteiger partial charge in [0, 0.05) is 17.3 Å². The third-order valence-corrected chi connectivity index (χ3v) is 6.64. The normalized spacial score (nSPS) is 13.2. The van der Waals surface area contributed by atoms with Crippen LogP contribution in [-0.2, 0) is 10.0 Å². The molecule has 1 N–H and O–H groups in total. The molecule has 0 spiro atoms. The van der Waals surface area contributed by atoms with Crippen LogP contribution in [0.3, 0.4) is 0 Å². The number of hydrogen-bond acceptors (Lipinski definition) is 4. The van der Waals surface area contributed by atoms with Crippen LogP contribution in [0.15, 0.2) is 65.6 Å². The van der Waals surface area contributed by atoms with Gasteiger partial charge >= 0.3 is 0 Å². The molecule has 0 unspecified atom stereocenters. The molecule has 1 aliphatic heterocycles. The zero-order valence-corrected chi connectivity index (χ0v) is 17.9. The molecule has 0 saturated heterocycles. The Morgan fingerprint density at radius 3 is 2.53 bits per heavy atom. The van der Waals surface area contributed by atoms with Crippen LogP contribution in [0.1, 0.15) is 22.8 Å². The third kappa shape index (κ3) is 3.62. The summed E-state index contributed by atoms with van der Waals surface area (Å²) >= 11 is 6.07. The van der Waals surface area contributed by atoms with Crippen LogP contribution in [0.4, 0.5) is 11.4 Å². The van der Waals surface area contributed by atoms with E-state index in [9.17, 15) is 13.2 Å². The summed E-state index contributed by atoms with van der Waals surface area (Å²) in [4.78, 5) is 14.8. The highest BCUT2D eigenvalue weighted by molar-refractivity contribution is 7.92. The van der Waals surface area contributed by atoms with Gasteiger partial charge in [0.05, 0.1) is 16.1 Å². The summed E-state index contributed by atoms with van der Waals surface area (Å²) in [6.45, 7) is 4.10. The molecule has 0 bridgehead atoms. The van der Waals surface area contributed by atoms with Gasteiger partial charge in [-0.15, -0.1) is 0 Å². The van der Waals surface area contributed by atoms with Gasteiger partial charge in [-0.3, -0.25) is 9.52 Å². The smallest absolute Gasteiger partial charge is 0.262 e. The molecule has 1 amide bonds. The SMILES string of the molecule is CCN1C(=O)c2cc(NS(=O)(=O)c3ccc(C)c(Cl)c3)ccc2Oc2ccccc21. The van der Waals surface area contributed by atoms with Crippen LogP contribution in [0.2, 0.25) is 5.02 Å². The number of ether oxygens (including phenoxy) is 1. The van der Waals surface area contributed by atoms with Crippen LogP contribution in [0, 0.1) is 6.92 Å². The van der Waals surface area contributed by atoms with Gasteiger partial charge in [-0.05, 0) is 61.9 Å². The molecule has 3 aromatic carbocycles. The zero-order valence-electron chi connectivity index (χ0n) is 16.3. The van der Waals surface area contributed by atoms with E-state index < -0.39 is 10.0 Å². The molecule has 1 aliphatic rings. The number of nitrogens with one attached hydrogen (secondary N) is 1. The maximum Gasteiger partial charge on any atom is 0.262 e.